The number of nitrogens with zero attached hydrogens (tertiary/aromatic N) is 3. The predicted molar refractivity (Wildman–Crippen MR) is 113 cm³/mol. The van der Waals surface area contributed by atoms with Gasteiger partial charge in [-0.05, 0) is 18.2 Å². The van der Waals surface area contributed by atoms with Gasteiger partial charge in [0.15, 0.2) is 5.13 Å². The standard InChI is InChI=1S/C18H14FN3O4S3/c1-10(23)22(13-5-3-2-4-12(13)19)17-20-11(9-28-17)8-14-16(26)21(18(27)29-14)7-6-15(24)25/h2-5,8-9H,6-7H2,1H3,(H,24,25)/b14-8+. The maximum Gasteiger partial charge on any atom is 0.305 e. The molecule has 2 amide bonds. The predicted octanol–water partition coefficient (Wildman–Crippen LogP) is 3.64. The Morgan fingerprint density at radius 1 is 1.38 bits per heavy atom. The van der Waals surface area contributed by atoms with Crippen LogP contribution in [0.5, 0.6) is 0 Å². The zero-order chi connectivity index (χ0) is 21.1. The average molecular weight is 452 g/mol. The van der Waals surface area contributed by atoms with Crippen LogP contribution in [0, 0.1) is 5.82 Å². The second-order valence-corrected chi connectivity index (χ2v) is 8.35. The molecule has 1 fully saturated rings. The summed E-state index contributed by atoms with van der Waals surface area (Å²) < 4.78 is 14.4. The summed E-state index contributed by atoms with van der Waals surface area (Å²) in [6.07, 6.45) is 1.30. The molecule has 1 aliphatic heterocycles. The summed E-state index contributed by atoms with van der Waals surface area (Å²) in [5.74, 6) is -2.38. The Morgan fingerprint density at radius 3 is 2.76 bits per heavy atom. The first-order valence-corrected chi connectivity index (χ1v) is 10.4. The molecule has 0 unspecified atom stereocenters. The number of para-hydroxylation sites is 1. The topological polar surface area (TPSA) is 90.8 Å². The van der Waals surface area contributed by atoms with Gasteiger partial charge in [0.2, 0.25) is 5.91 Å². The van der Waals surface area contributed by atoms with Crippen molar-refractivity contribution in [2.45, 2.75) is 13.3 Å². The van der Waals surface area contributed by atoms with E-state index in [0.717, 1.165) is 28.0 Å². The molecule has 11 heteroatoms. The number of thioether (sulfide) groups is 1. The summed E-state index contributed by atoms with van der Waals surface area (Å²) in [6, 6.07) is 5.87. The van der Waals surface area contributed by atoms with Crippen LogP contribution < -0.4 is 4.90 Å². The molecule has 7 nitrogen and oxygen atoms in total. The number of hydrogen-bond acceptors (Lipinski definition) is 7. The number of benzene rings is 1. The third kappa shape index (κ3) is 4.69. The highest BCUT2D eigenvalue weighted by Gasteiger charge is 2.32. The number of carboxylic acid groups (broad SMARTS) is 1. The maximum atomic E-state index is 14.1. The monoisotopic (exact) mass is 451 g/mol. The summed E-state index contributed by atoms with van der Waals surface area (Å²) in [5, 5.41) is 10.7. The number of thiocarbonyl (C=S) groups is 1. The smallest absolute Gasteiger partial charge is 0.305 e. The molecule has 0 bridgehead atoms. The van der Waals surface area contributed by atoms with Gasteiger partial charge in [-0.15, -0.1) is 11.3 Å². The lowest BCUT2D eigenvalue weighted by atomic mass is 10.3. The van der Waals surface area contributed by atoms with E-state index in [4.69, 9.17) is 17.3 Å². The van der Waals surface area contributed by atoms with Gasteiger partial charge in [-0.2, -0.15) is 0 Å². The minimum Gasteiger partial charge on any atom is -0.481 e. The molecular formula is C18H14FN3O4S3. The zero-order valence-corrected chi connectivity index (χ0v) is 17.4. The first-order chi connectivity index (χ1) is 13.8. The summed E-state index contributed by atoms with van der Waals surface area (Å²) in [7, 11) is 0. The fourth-order valence-corrected chi connectivity index (χ4v) is 4.65. The molecule has 0 radical (unpaired) electrons. The van der Waals surface area contributed by atoms with Gasteiger partial charge >= 0.3 is 5.97 Å². The highest BCUT2D eigenvalue weighted by atomic mass is 32.2. The number of carboxylic acids is 1. The van der Waals surface area contributed by atoms with Crippen LogP contribution in [-0.2, 0) is 14.4 Å². The van der Waals surface area contributed by atoms with Gasteiger partial charge in [0.1, 0.15) is 10.1 Å². The molecule has 1 aromatic carbocycles. The largest absolute Gasteiger partial charge is 0.481 e. The Morgan fingerprint density at radius 2 is 2.10 bits per heavy atom. The van der Waals surface area contributed by atoms with Crippen LogP contribution in [0.4, 0.5) is 15.2 Å². The maximum absolute atomic E-state index is 14.1. The van der Waals surface area contributed by atoms with Crippen LogP contribution in [0.1, 0.15) is 19.0 Å². The minimum absolute atomic E-state index is 0.00888. The summed E-state index contributed by atoms with van der Waals surface area (Å²) in [6.45, 7) is 1.30. The molecule has 0 saturated carbocycles. The summed E-state index contributed by atoms with van der Waals surface area (Å²) in [5.41, 5.74) is 0.493. The van der Waals surface area contributed by atoms with Gasteiger partial charge in [0, 0.05) is 18.8 Å². The lowest BCUT2D eigenvalue weighted by molar-refractivity contribution is -0.137. The van der Waals surface area contributed by atoms with E-state index in [0.29, 0.717) is 10.6 Å². The van der Waals surface area contributed by atoms with Crippen molar-refractivity contribution in [3.8, 4) is 0 Å². The third-order valence-electron chi connectivity index (χ3n) is 3.81. The highest BCUT2D eigenvalue weighted by molar-refractivity contribution is 8.26. The molecule has 2 heterocycles. The Labute approximate surface area is 178 Å². The molecule has 150 valence electrons. The quantitative estimate of drug-likeness (QED) is 0.530. The van der Waals surface area contributed by atoms with Crippen LogP contribution in [0.2, 0.25) is 0 Å². The first-order valence-electron chi connectivity index (χ1n) is 8.26. The molecule has 0 atom stereocenters. The fraction of sp³-hybridized carbons (Fsp3) is 0.167. The number of aromatic nitrogens is 1. The second-order valence-electron chi connectivity index (χ2n) is 5.84. The van der Waals surface area contributed by atoms with E-state index in [9.17, 15) is 18.8 Å². The van der Waals surface area contributed by atoms with E-state index in [1.807, 2.05) is 0 Å². The van der Waals surface area contributed by atoms with E-state index < -0.39 is 23.6 Å². The number of halogens is 1. The number of aliphatic carboxylic acids is 1. The van der Waals surface area contributed by atoms with E-state index in [2.05, 4.69) is 4.98 Å². The number of carbonyl (C=O) groups excluding carboxylic acids is 2. The van der Waals surface area contributed by atoms with Crippen molar-refractivity contribution in [2.75, 3.05) is 11.4 Å². The van der Waals surface area contributed by atoms with Crippen LogP contribution >= 0.6 is 35.3 Å². The lowest BCUT2D eigenvalue weighted by Crippen LogP contribution is -2.30. The highest BCUT2D eigenvalue weighted by Crippen LogP contribution is 2.35. The van der Waals surface area contributed by atoms with Gasteiger partial charge in [-0.25, -0.2) is 9.37 Å². The number of rotatable bonds is 6. The Bertz CT molecular complexity index is 1040. The zero-order valence-electron chi connectivity index (χ0n) is 15.0. The number of thiazole rings is 1. The molecule has 1 aromatic heterocycles. The van der Waals surface area contributed by atoms with Crippen LogP contribution in [-0.4, -0.2) is 43.6 Å². The van der Waals surface area contributed by atoms with E-state index in [1.54, 1.807) is 11.4 Å². The molecule has 3 rings (SSSR count). The number of carbonyl (C=O) groups is 3. The molecule has 1 saturated heterocycles. The van der Waals surface area contributed by atoms with Crippen LogP contribution in [0.25, 0.3) is 6.08 Å². The molecule has 1 aliphatic rings. The van der Waals surface area contributed by atoms with Crippen molar-refractivity contribution >= 4 is 74.3 Å². The SMILES string of the molecule is CC(=O)N(c1nc(/C=C2/SC(=S)N(CCC(=O)O)C2=O)cs1)c1ccccc1F. The van der Waals surface area contributed by atoms with E-state index >= 15 is 0 Å². The molecule has 1 N–H and O–H groups in total. The average Bonchev–Trinajstić information content (AvgIpc) is 3.20. The Balaban J connectivity index is 1.85. The first kappa shape index (κ1) is 21.1. The van der Waals surface area contributed by atoms with Gasteiger partial charge < -0.3 is 5.11 Å². The Hall–Kier alpha value is -2.63. The van der Waals surface area contributed by atoms with Crippen molar-refractivity contribution < 1.29 is 23.9 Å². The van der Waals surface area contributed by atoms with Gasteiger partial charge in [-0.1, -0.05) is 36.1 Å². The van der Waals surface area contributed by atoms with Gasteiger partial charge in [0.25, 0.3) is 5.91 Å². The van der Waals surface area contributed by atoms with Crippen molar-refractivity contribution in [1.29, 1.82) is 0 Å². The normalized spacial score (nSPS) is 15.2. The van der Waals surface area contributed by atoms with Crippen molar-refractivity contribution in [2.24, 2.45) is 0 Å². The second kappa shape index (κ2) is 8.80. The molecule has 29 heavy (non-hydrogen) atoms. The van der Waals surface area contributed by atoms with Crippen LogP contribution in [0.15, 0.2) is 34.6 Å². The third-order valence-corrected chi connectivity index (χ3v) is 6.03. The molecule has 0 spiro atoms. The number of anilines is 2. The lowest BCUT2D eigenvalue weighted by Gasteiger charge is -2.18. The van der Waals surface area contributed by atoms with Crippen molar-refractivity contribution in [3.63, 3.8) is 0 Å². The number of amides is 2. The van der Waals surface area contributed by atoms with E-state index in [1.165, 1.54) is 36.1 Å². The molecular weight excluding hydrogens is 437 g/mol. The fourth-order valence-electron chi connectivity index (χ4n) is 2.52. The van der Waals surface area contributed by atoms with Crippen molar-refractivity contribution in [1.82, 2.24) is 9.88 Å². The summed E-state index contributed by atoms with van der Waals surface area (Å²) >= 11 is 7.32. The van der Waals surface area contributed by atoms with Crippen molar-refractivity contribution in [3.05, 3.63) is 46.1 Å². The Kier molecular flexibility index (Phi) is 6.40. The van der Waals surface area contributed by atoms with E-state index in [-0.39, 0.29) is 28.1 Å². The van der Waals surface area contributed by atoms with Gasteiger partial charge in [0.05, 0.1) is 22.7 Å². The summed E-state index contributed by atoms with van der Waals surface area (Å²) in [4.78, 5) is 42.3. The minimum atomic E-state index is -1.02. The molecule has 0 aliphatic carbocycles. The number of hydrogen-bond donors (Lipinski definition) is 1. The van der Waals surface area contributed by atoms with Gasteiger partial charge in [-0.3, -0.25) is 24.2 Å². The molecule has 2 aromatic rings. The van der Waals surface area contributed by atoms with Crippen LogP contribution in [0.3, 0.4) is 0 Å².